The first-order chi connectivity index (χ1) is 13.3. The van der Waals surface area contributed by atoms with Gasteiger partial charge in [-0.3, -0.25) is 14.5 Å². The number of halogens is 1. The quantitative estimate of drug-likeness (QED) is 0.239. The van der Waals surface area contributed by atoms with Crippen LogP contribution in [0.25, 0.3) is 6.08 Å². The summed E-state index contributed by atoms with van der Waals surface area (Å²) in [6.45, 7) is 3.79. The molecule has 7 nitrogen and oxygen atoms in total. The van der Waals surface area contributed by atoms with Crippen LogP contribution in [0.4, 0.5) is 4.79 Å². The van der Waals surface area contributed by atoms with Crippen molar-refractivity contribution in [2.24, 2.45) is 0 Å². The van der Waals surface area contributed by atoms with Crippen LogP contribution in [0.1, 0.15) is 19.4 Å². The zero-order valence-electron chi connectivity index (χ0n) is 15.5. The Bertz CT molecular complexity index is 876. The molecule has 28 heavy (non-hydrogen) atoms. The summed E-state index contributed by atoms with van der Waals surface area (Å²) in [7, 11) is 1.20. The van der Waals surface area contributed by atoms with E-state index in [1.807, 2.05) is 6.92 Å². The van der Waals surface area contributed by atoms with Gasteiger partial charge in [0.05, 0.1) is 22.2 Å². The second-order valence-corrected chi connectivity index (χ2v) is 7.66. The van der Waals surface area contributed by atoms with Crippen molar-refractivity contribution in [3.63, 3.8) is 0 Å². The molecule has 0 aromatic heterocycles. The lowest BCUT2D eigenvalue weighted by Crippen LogP contribution is -2.42. The molecule has 0 spiro atoms. The monoisotopic (exact) mass is 515 g/mol. The molecule has 1 atom stereocenters. The highest BCUT2D eigenvalue weighted by molar-refractivity contribution is 14.1. The maximum absolute atomic E-state index is 12.6. The third-order valence-corrected chi connectivity index (χ3v) is 5.37. The number of esters is 1. The third kappa shape index (κ3) is 4.80. The minimum absolute atomic E-state index is 0.0970. The van der Waals surface area contributed by atoms with Gasteiger partial charge in [-0.15, -0.1) is 6.42 Å². The fourth-order valence-corrected chi connectivity index (χ4v) is 4.12. The second kappa shape index (κ2) is 9.84. The molecule has 2 rings (SSSR count). The van der Waals surface area contributed by atoms with Crippen molar-refractivity contribution in [3.8, 4) is 23.8 Å². The normalized spacial score (nSPS) is 16.1. The first-order valence-corrected chi connectivity index (χ1v) is 10.1. The van der Waals surface area contributed by atoms with Crippen LogP contribution in [-0.4, -0.2) is 48.4 Å². The number of terminal acetylenes is 1. The smallest absolute Gasteiger partial charge is 0.328 e. The lowest BCUT2D eigenvalue weighted by molar-refractivity contribution is -0.148. The van der Waals surface area contributed by atoms with E-state index in [1.54, 1.807) is 18.2 Å². The number of nitrogens with zero attached hydrogens (tertiary/aromatic N) is 1. The fourth-order valence-electron chi connectivity index (χ4n) is 2.43. The number of ether oxygens (including phenoxy) is 3. The molecule has 1 aromatic carbocycles. The van der Waals surface area contributed by atoms with Crippen LogP contribution in [0.2, 0.25) is 0 Å². The number of carbonyl (C=O) groups is 3. The van der Waals surface area contributed by atoms with Crippen molar-refractivity contribution >= 4 is 57.5 Å². The van der Waals surface area contributed by atoms with Crippen LogP contribution in [0.15, 0.2) is 17.0 Å². The topological polar surface area (TPSA) is 82.1 Å². The summed E-state index contributed by atoms with van der Waals surface area (Å²) in [6.07, 6.45) is 6.82. The fraction of sp³-hybridized carbons (Fsp3) is 0.316. The summed E-state index contributed by atoms with van der Waals surface area (Å²) >= 11 is 2.85. The number of rotatable bonds is 7. The van der Waals surface area contributed by atoms with E-state index in [1.165, 1.54) is 14.0 Å². The molecule has 9 heteroatoms. The predicted octanol–water partition coefficient (Wildman–Crippen LogP) is 3.30. The lowest BCUT2D eigenvalue weighted by atomic mass is 10.1. The Morgan fingerprint density at radius 2 is 2.11 bits per heavy atom. The third-order valence-electron chi connectivity index (χ3n) is 3.68. The average Bonchev–Trinajstić information content (AvgIpc) is 2.93. The predicted molar refractivity (Wildman–Crippen MR) is 114 cm³/mol. The molecule has 2 amide bonds. The summed E-state index contributed by atoms with van der Waals surface area (Å²) in [6, 6.07) is 2.49. The summed E-state index contributed by atoms with van der Waals surface area (Å²) < 4.78 is 16.5. The van der Waals surface area contributed by atoms with Gasteiger partial charge in [0.25, 0.3) is 11.1 Å². The molecule has 0 unspecified atom stereocenters. The van der Waals surface area contributed by atoms with Gasteiger partial charge >= 0.3 is 5.97 Å². The van der Waals surface area contributed by atoms with Crippen LogP contribution in [0, 0.1) is 15.9 Å². The van der Waals surface area contributed by atoms with E-state index in [0.717, 1.165) is 20.2 Å². The molecule has 1 fully saturated rings. The van der Waals surface area contributed by atoms with Crippen LogP contribution < -0.4 is 9.47 Å². The number of amides is 2. The van der Waals surface area contributed by atoms with Gasteiger partial charge in [-0.2, -0.15) is 0 Å². The number of hydrogen-bond donors (Lipinski definition) is 0. The molecule has 1 saturated heterocycles. The van der Waals surface area contributed by atoms with Crippen molar-refractivity contribution in [2.75, 3.05) is 20.3 Å². The minimum atomic E-state index is -0.998. The van der Waals surface area contributed by atoms with Crippen LogP contribution in [-0.2, 0) is 14.3 Å². The van der Waals surface area contributed by atoms with Crippen molar-refractivity contribution in [1.29, 1.82) is 0 Å². The Morgan fingerprint density at radius 3 is 2.71 bits per heavy atom. The summed E-state index contributed by atoms with van der Waals surface area (Å²) in [5.41, 5.74) is 0.650. The molecule has 0 N–H and O–H groups in total. The Hall–Kier alpha value is -2.19. The summed E-state index contributed by atoms with van der Waals surface area (Å²) in [5, 5.41) is -0.525. The number of imide groups is 1. The van der Waals surface area contributed by atoms with Crippen molar-refractivity contribution < 1.29 is 28.6 Å². The molecule has 0 aliphatic carbocycles. The molecular formula is C19H18INO6S. The summed E-state index contributed by atoms with van der Waals surface area (Å²) in [4.78, 5) is 37.6. The van der Waals surface area contributed by atoms with Gasteiger partial charge in [0.15, 0.2) is 11.5 Å². The van der Waals surface area contributed by atoms with Crippen LogP contribution >= 0.6 is 34.4 Å². The SMILES string of the molecule is C#CCOc1c(I)cc(/C=C2/SC(=O)N([C@H](C)C(=O)OC)C2=O)cc1OCC. The van der Waals surface area contributed by atoms with Gasteiger partial charge in [0.1, 0.15) is 12.6 Å². The van der Waals surface area contributed by atoms with E-state index in [4.69, 9.17) is 15.9 Å². The number of carbonyl (C=O) groups excluding carboxylic acids is 3. The largest absolute Gasteiger partial charge is 0.490 e. The van der Waals surface area contributed by atoms with Crippen molar-refractivity contribution in [2.45, 2.75) is 19.9 Å². The van der Waals surface area contributed by atoms with E-state index in [2.05, 4.69) is 33.2 Å². The zero-order chi connectivity index (χ0) is 20.8. The van der Waals surface area contributed by atoms with Gasteiger partial charge in [-0.25, -0.2) is 4.79 Å². The van der Waals surface area contributed by atoms with Crippen LogP contribution in [0.3, 0.4) is 0 Å². The average molecular weight is 515 g/mol. The Morgan fingerprint density at radius 1 is 1.39 bits per heavy atom. The molecule has 1 aliphatic rings. The van der Waals surface area contributed by atoms with Gasteiger partial charge in [-0.1, -0.05) is 5.92 Å². The Balaban J connectivity index is 2.37. The molecule has 0 bridgehead atoms. The molecule has 0 radical (unpaired) electrons. The number of thioether (sulfide) groups is 1. The number of methoxy groups -OCH3 is 1. The number of benzene rings is 1. The highest BCUT2D eigenvalue weighted by Crippen LogP contribution is 2.38. The molecule has 1 aromatic rings. The highest BCUT2D eigenvalue weighted by atomic mass is 127. The van der Waals surface area contributed by atoms with E-state index in [-0.39, 0.29) is 11.5 Å². The zero-order valence-corrected chi connectivity index (χ0v) is 18.5. The molecule has 1 aliphatic heterocycles. The first-order valence-electron chi connectivity index (χ1n) is 8.21. The molecular weight excluding hydrogens is 497 g/mol. The van der Waals surface area contributed by atoms with Gasteiger partial charge in [-0.05, 0) is 72.0 Å². The Kier molecular flexibility index (Phi) is 7.77. The number of hydrogen-bond acceptors (Lipinski definition) is 7. The van der Waals surface area contributed by atoms with Crippen LogP contribution in [0.5, 0.6) is 11.5 Å². The van der Waals surface area contributed by atoms with Crippen molar-refractivity contribution in [3.05, 3.63) is 26.2 Å². The van der Waals surface area contributed by atoms with E-state index >= 15 is 0 Å². The van der Waals surface area contributed by atoms with E-state index in [9.17, 15) is 14.4 Å². The maximum atomic E-state index is 12.6. The minimum Gasteiger partial charge on any atom is -0.490 e. The molecule has 1 heterocycles. The van der Waals surface area contributed by atoms with E-state index < -0.39 is 23.2 Å². The second-order valence-electron chi connectivity index (χ2n) is 5.51. The maximum Gasteiger partial charge on any atom is 0.328 e. The Labute approximate surface area is 180 Å². The molecule has 0 saturated carbocycles. The molecule has 148 valence electrons. The first kappa shape index (κ1) is 22.1. The van der Waals surface area contributed by atoms with Gasteiger partial charge < -0.3 is 14.2 Å². The lowest BCUT2D eigenvalue weighted by Gasteiger charge is -2.18. The van der Waals surface area contributed by atoms with Gasteiger partial charge in [0, 0.05) is 0 Å². The standard InChI is InChI=1S/C19H18INO6S/c1-5-7-27-16-13(20)8-12(9-14(16)26-6-2)10-15-17(22)21(19(24)28-15)11(3)18(23)25-4/h1,8-11H,6-7H2,2-4H3/b15-10+/t11-/m1/s1. The van der Waals surface area contributed by atoms with Crippen molar-refractivity contribution in [1.82, 2.24) is 4.90 Å². The highest BCUT2D eigenvalue weighted by Gasteiger charge is 2.41. The summed E-state index contributed by atoms with van der Waals surface area (Å²) in [5.74, 6) is 2.20. The van der Waals surface area contributed by atoms with Gasteiger partial charge in [0.2, 0.25) is 0 Å². The van der Waals surface area contributed by atoms with E-state index in [0.29, 0.717) is 23.7 Å².